The first-order chi connectivity index (χ1) is 8.60. The van der Waals surface area contributed by atoms with Gasteiger partial charge in [0.05, 0.1) is 7.11 Å². The summed E-state index contributed by atoms with van der Waals surface area (Å²) in [7, 11) is 2.72. The second-order valence-corrected chi connectivity index (χ2v) is 3.78. The van der Waals surface area contributed by atoms with Crippen molar-refractivity contribution in [3.8, 4) is 0 Å². The van der Waals surface area contributed by atoms with Crippen molar-refractivity contribution in [2.75, 3.05) is 14.2 Å². The van der Waals surface area contributed by atoms with Crippen molar-refractivity contribution >= 4 is 11.9 Å². The summed E-state index contributed by atoms with van der Waals surface area (Å²) >= 11 is 0. The lowest BCUT2D eigenvalue weighted by Gasteiger charge is -2.18. The van der Waals surface area contributed by atoms with E-state index in [9.17, 15) is 9.59 Å². The first-order valence-electron chi connectivity index (χ1n) is 5.56. The van der Waals surface area contributed by atoms with Crippen LogP contribution >= 0.6 is 0 Å². The Kier molecular flexibility index (Phi) is 5.32. The maximum absolute atomic E-state index is 12.0. The molecule has 1 rings (SSSR count). The van der Waals surface area contributed by atoms with Gasteiger partial charge < -0.3 is 14.8 Å². The van der Waals surface area contributed by atoms with Crippen LogP contribution in [0, 0.1) is 0 Å². The lowest BCUT2D eigenvalue weighted by atomic mass is 10.1. The lowest BCUT2D eigenvalue weighted by molar-refractivity contribution is -0.146. The average molecular weight is 251 g/mol. The smallest absolute Gasteiger partial charge is 0.328 e. The topological polar surface area (TPSA) is 64.6 Å². The highest BCUT2D eigenvalue weighted by atomic mass is 16.5. The highest BCUT2D eigenvalue weighted by Crippen LogP contribution is 2.16. The first kappa shape index (κ1) is 14.2. The number of benzene rings is 1. The molecule has 0 radical (unpaired) electrons. The van der Waals surface area contributed by atoms with Crippen molar-refractivity contribution in [2.45, 2.75) is 19.1 Å². The maximum atomic E-state index is 12.0. The molecule has 0 aliphatic rings. The van der Waals surface area contributed by atoms with E-state index in [0.29, 0.717) is 0 Å². The minimum atomic E-state index is -0.738. The van der Waals surface area contributed by atoms with Crippen LogP contribution in [0.1, 0.15) is 18.6 Å². The number of carbonyl (C=O) groups excluding carboxylic acids is 2. The molecule has 18 heavy (non-hydrogen) atoms. The summed E-state index contributed by atoms with van der Waals surface area (Å²) in [6.45, 7) is 1.56. The van der Waals surface area contributed by atoms with E-state index in [4.69, 9.17) is 4.74 Å². The van der Waals surface area contributed by atoms with Crippen LogP contribution in [0.4, 0.5) is 0 Å². The van der Waals surface area contributed by atoms with Gasteiger partial charge in [-0.2, -0.15) is 0 Å². The minimum Gasteiger partial charge on any atom is -0.467 e. The number of ether oxygens (including phenoxy) is 2. The Balaban J connectivity index is 2.72. The molecule has 5 heteroatoms. The van der Waals surface area contributed by atoms with E-state index >= 15 is 0 Å². The first-order valence-corrected chi connectivity index (χ1v) is 5.56. The third-order valence-electron chi connectivity index (χ3n) is 2.49. The molecule has 0 bridgehead atoms. The van der Waals surface area contributed by atoms with Crippen LogP contribution in [-0.2, 0) is 19.1 Å². The fourth-order valence-electron chi connectivity index (χ4n) is 1.55. The number of nitrogens with one attached hydrogen (secondary N) is 1. The monoisotopic (exact) mass is 251 g/mol. The van der Waals surface area contributed by atoms with Gasteiger partial charge >= 0.3 is 5.97 Å². The van der Waals surface area contributed by atoms with Crippen molar-refractivity contribution in [3.05, 3.63) is 35.9 Å². The van der Waals surface area contributed by atoms with E-state index in [2.05, 4.69) is 10.1 Å². The number of methoxy groups -OCH3 is 2. The zero-order valence-corrected chi connectivity index (χ0v) is 10.7. The molecule has 0 aromatic heterocycles. The maximum Gasteiger partial charge on any atom is 0.328 e. The third kappa shape index (κ3) is 3.56. The Bertz CT molecular complexity index is 405. The van der Waals surface area contributed by atoms with Crippen LogP contribution in [0.5, 0.6) is 0 Å². The highest BCUT2D eigenvalue weighted by molar-refractivity contribution is 5.87. The number of hydrogen-bond donors (Lipinski definition) is 1. The molecule has 2 atom stereocenters. The largest absolute Gasteiger partial charge is 0.467 e. The SMILES string of the molecule is COC(=O)C(C)NC(=O)C(OC)c1ccccc1. The zero-order chi connectivity index (χ0) is 13.5. The summed E-state index contributed by atoms with van der Waals surface area (Å²) in [6, 6.07) is 8.36. The second-order valence-electron chi connectivity index (χ2n) is 3.78. The molecule has 0 saturated heterocycles. The molecule has 0 heterocycles. The zero-order valence-electron chi connectivity index (χ0n) is 10.7. The number of amides is 1. The number of esters is 1. The van der Waals surface area contributed by atoms with E-state index < -0.39 is 18.1 Å². The molecule has 1 aromatic carbocycles. The van der Waals surface area contributed by atoms with Gasteiger partial charge in [-0.3, -0.25) is 4.79 Å². The van der Waals surface area contributed by atoms with Crippen molar-refractivity contribution in [1.82, 2.24) is 5.32 Å². The molecule has 1 N–H and O–H groups in total. The minimum absolute atomic E-state index is 0.374. The van der Waals surface area contributed by atoms with E-state index in [-0.39, 0.29) is 5.91 Å². The average Bonchev–Trinajstić information content (AvgIpc) is 2.39. The number of rotatable bonds is 5. The summed E-state index contributed by atoms with van der Waals surface area (Å²) in [4.78, 5) is 23.2. The molecular formula is C13H17NO4. The van der Waals surface area contributed by atoms with Crippen molar-refractivity contribution in [2.24, 2.45) is 0 Å². The normalized spacial score (nSPS) is 13.5. The fourth-order valence-corrected chi connectivity index (χ4v) is 1.55. The molecule has 98 valence electrons. The van der Waals surface area contributed by atoms with Gasteiger partial charge in [-0.25, -0.2) is 4.79 Å². The number of carbonyl (C=O) groups is 2. The molecule has 5 nitrogen and oxygen atoms in total. The Morgan fingerprint density at radius 1 is 1.17 bits per heavy atom. The summed E-state index contributed by atoms with van der Waals surface area (Å²) in [5, 5.41) is 2.54. The Hall–Kier alpha value is -1.88. The predicted molar refractivity (Wildman–Crippen MR) is 65.8 cm³/mol. The Labute approximate surface area is 106 Å². The van der Waals surface area contributed by atoms with Crippen LogP contribution in [-0.4, -0.2) is 32.1 Å². The molecule has 1 amide bonds. The highest BCUT2D eigenvalue weighted by Gasteiger charge is 2.24. The molecular weight excluding hydrogens is 234 g/mol. The van der Waals surface area contributed by atoms with Crippen LogP contribution < -0.4 is 5.32 Å². The van der Waals surface area contributed by atoms with Crippen molar-refractivity contribution in [3.63, 3.8) is 0 Å². The lowest BCUT2D eigenvalue weighted by Crippen LogP contribution is -2.42. The third-order valence-corrected chi connectivity index (χ3v) is 2.49. The van der Waals surface area contributed by atoms with Gasteiger partial charge in [-0.1, -0.05) is 30.3 Å². The molecule has 0 aliphatic carbocycles. The summed E-state index contributed by atoms with van der Waals surface area (Å²) in [6.07, 6.45) is -0.738. The van der Waals surface area contributed by atoms with E-state index in [0.717, 1.165) is 5.56 Å². The van der Waals surface area contributed by atoms with Gasteiger partial charge in [0.15, 0.2) is 6.10 Å². The molecule has 2 unspecified atom stereocenters. The summed E-state index contributed by atoms with van der Waals surface area (Å²) < 4.78 is 9.69. The van der Waals surface area contributed by atoms with E-state index in [1.54, 1.807) is 19.1 Å². The summed E-state index contributed by atoms with van der Waals surface area (Å²) in [5.74, 6) is -0.868. The van der Waals surface area contributed by atoms with Crippen LogP contribution in [0.2, 0.25) is 0 Å². The molecule has 0 spiro atoms. The Morgan fingerprint density at radius 2 is 1.78 bits per heavy atom. The Morgan fingerprint density at radius 3 is 2.28 bits per heavy atom. The molecule has 0 fully saturated rings. The van der Waals surface area contributed by atoms with Crippen molar-refractivity contribution in [1.29, 1.82) is 0 Å². The molecule has 0 aliphatic heterocycles. The van der Waals surface area contributed by atoms with Crippen LogP contribution in [0.3, 0.4) is 0 Å². The van der Waals surface area contributed by atoms with Gasteiger partial charge in [0.2, 0.25) is 0 Å². The summed E-state index contributed by atoms with van der Waals surface area (Å²) in [5.41, 5.74) is 0.731. The van der Waals surface area contributed by atoms with Gasteiger partial charge in [-0.15, -0.1) is 0 Å². The van der Waals surface area contributed by atoms with Gasteiger partial charge in [0.1, 0.15) is 6.04 Å². The molecule has 0 saturated carbocycles. The van der Waals surface area contributed by atoms with Crippen LogP contribution in [0.25, 0.3) is 0 Å². The quantitative estimate of drug-likeness (QED) is 0.794. The standard InChI is InChI=1S/C13H17NO4/c1-9(13(16)18-3)14-12(15)11(17-2)10-7-5-4-6-8-10/h4-9,11H,1-3H3,(H,14,15). The van der Waals surface area contributed by atoms with Crippen LogP contribution in [0.15, 0.2) is 30.3 Å². The second kappa shape index (κ2) is 6.76. The van der Waals surface area contributed by atoms with Crippen molar-refractivity contribution < 1.29 is 19.1 Å². The van der Waals surface area contributed by atoms with Gasteiger partial charge in [0, 0.05) is 7.11 Å². The number of hydrogen-bond acceptors (Lipinski definition) is 4. The fraction of sp³-hybridized carbons (Fsp3) is 0.385. The van der Waals surface area contributed by atoms with E-state index in [1.807, 2.05) is 18.2 Å². The van der Waals surface area contributed by atoms with Gasteiger partial charge in [-0.05, 0) is 12.5 Å². The van der Waals surface area contributed by atoms with E-state index in [1.165, 1.54) is 14.2 Å². The molecule has 1 aromatic rings. The predicted octanol–water partition coefficient (Wildman–Crippen LogP) is 1.05. The van der Waals surface area contributed by atoms with Gasteiger partial charge in [0.25, 0.3) is 5.91 Å².